The zero-order chi connectivity index (χ0) is 15.1. The molecule has 1 aromatic heterocycles. The second-order valence-electron chi connectivity index (χ2n) is 6.77. The lowest BCUT2D eigenvalue weighted by molar-refractivity contribution is 0.170. The van der Waals surface area contributed by atoms with Crippen LogP contribution in [-0.4, -0.2) is 29.5 Å². The molecule has 2 rings (SSSR count). The Balaban J connectivity index is 1.70. The lowest BCUT2D eigenvalue weighted by Crippen LogP contribution is -2.33. The van der Waals surface area contributed by atoms with Gasteiger partial charge in [-0.3, -0.25) is 4.90 Å². The molecule has 1 fully saturated rings. The Labute approximate surface area is 134 Å². The topological polar surface area (TPSA) is 28.2 Å². The summed E-state index contributed by atoms with van der Waals surface area (Å²) in [5.74, 6) is 1.67. The van der Waals surface area contributed by atoms with Gasteiger partial charge >= 0.3 is 0 Å². The number of rotatable bonds is 8. The molecule has 0 bridgehead atoms. The Hall–Kier alpha value is -0.450. The summed E-state index contributed by atoms with van der Waals surface area (Å²) < 4.78 is 0. The normalized spacial score (nSPS) is 17.7. The highest BCUT2D eigenvalue weighted by Gasteiger charge is 2.19. The molecule has 3 nitrogen and oxygen atoms in total. The number of nitrogens with one attached hydrogen (secondary N) is 1. The lowest BCUT2D eigenvalue weighted by atomic mass is 9.92. The minimum atomic E-state index is 0.703. The predicted octanol–water partition coefficient (Wildman–Crippen LogP) is 3.90. The van der Waals surface area contributed by atoms with Crippen molar-refractivity contribution in [3.05, 3.63) is 16.1 Å². The van der Waals surface area contributed by atoms with Crippen LogP contribution in [0.25, 0.3) is 0 Å². The van der Waals surface area contributed by atoms with Gasteiger partial charge in [0, 0.05) is 18.5 Å². The Morgan fingerprint density at radius 1 is 1.38 bits per heavy atom. The molecule has 1 aliphatic rings. The summed E-state index contributed by atoms with van der Waals surface area (Å²) in [5, 5.41) is 6.94. The highest BCUT2D eigenvalue weighted by Crippen LogP contribution is 2.23. The van der Waals surface area contributed by atoms with E-state index in [4.69, 9.17) is 4.98 Å². The molecule has 0 spiro atoms. The molecule has 0 amide bonds. The minimum absolute atomic E-state index is 0.703. The third kappa shape index (κ3) is 6.05. The Kier molecular flexibility index (Phi) is 7.14. The summed E-state index contributed by atoms with van der Waals surface area (Å²) in [6, 6.07) is 0. The Morgan fingerprint density at radius 3 is 2.81 bits per heavy atom. The number of hydrogen-bond donors (Lipinski definition) is 1. The zero-order valence-corrected chi connectivity index (χ0v) is 14.7. The van der Waals surface area contributed by atoms with E-state index in [1.165, 1.54) is 49.5 Å². The average molecular weight is 310 g/mol. The number of aromatic nitrogens is 1. The molecular formula is C17H31N3S. The van der Waals surface area contributed by atoms with Crippen molar-refractivity contribution >= 4 is 11.3 Å². The second kappa shape index (κ2) is 8.86. The van der Waals surface area contributed by atoms with E-state index >= 15 is 0 Å². The van der Waals surface area contributed by atoms with E-state index in [-0.39, 0.29) is 0 Å². The fourth-order valence-corrected chi connectivity index (χ4v) is 3.80. The van der Waals surface area contributed by atoms with E-state index in [9.17, 15) is 0 Å². The van der Waals surface area contributed by atoms with Gasteiger partial charge in [-0.1, -0.05) is 33.6 Å². The summed E-state index contributed by atoms with van der Waals surface area (Å²) in [7, 11) is 0. The van der Waals surface area contributed by atoms with Crippen LogP contribution in [0, 0.1) is 11.8 Å². The van der Waals surface area contributed by atoms with Crippen molar-refractivity contribution in [2.24, 2.45) is 11.8 Å². The van der Waals surface area contributed by atoms with E-state index < -0.39 is 0 Å². The predicted molar refractivity (Wildman–Crippen MR) is 91.6 cm³/mol. The first-order chi connectivity index (χ1) is 10.2. The fourth-order valence-electron chi connectivity index (χ4n) is 3.04. The zero-order valence-electron chi connectivity index (χ0n) is 13.9. The molecule has 2 heterocycles. The van der Waals surface area contributed by atoms with E-state index in [1.54, 1.807) is 11.3 Å². The average Bonchev–Trinajstić information content (AvgIpc) is 2.88. The number of likely N-dealkylation sites (tertiary alicyclic amines) is 1. The molecule has 0 unspecified atom stereocenters. The first kappa shape index (κ1) is 16.9. The molecule has 0 aromatic carbocycles. The van der Waals surface area contributed by atoms with Gasteiger partial charge in [-0.25, -0.2) is 4.98 Å². The molecular weight excluding hydrogens is 278 g/mol. The first-order valence-electron chi connectivity index (χ1n) is 8.53. The van der Waals surface area contributed by atoms with Crippen LogP contribution in [0.15, 0.2) is 5.38 Å². The molecule has 1 N–H and O–H groups in total. The van der Waals surface area contributed by atoms with E-state index in [0.29, 0.717) is 5.92 Å². The van der Waals surface area contributed by atoms with Gasteiger partial charge in [0.25, 0.3) is 0 Å². The Morgan fingerprint density at radius 2 is 2.14 bits per heavy atom. The van der Waals surface area contributed by atoms with Gasteiger partial charge in [-0.15, -0.1) is 11.3 Å². The SMILES string of the molecule is CCCC1CCN(Cc2csc(CNCC(C)C)n2)CC1. The molecule has 0 radical (unpaired) electrons. The van der Waals surface area contributed by atoms with E-state index in [2.05, 4.69) is 36.4 Å². The van der Waals surface area contributed by atoms with Crippen molar-refractivity contribution in [3.8, 4) is 0 Å². The maximum absolute atomic E-state index is 4.77. The smallest absolute Gasteiger partial charge is 0.107 e. The van der Waals surface area contributed by atoms with Crippen LogP contribution >= 0.6 is 11.3 Å². The van der Waals surface area contributed by atoms with Crippen LogP contribution in [0.5, 0.6) is 0 Å². The van der Waals surface area contributed by atoms with Crippen LogP contribution in [0.4, 0.5) is 0 Å². The quantitative estimate of drug-likeness (QED) is 0.789. The molecule has 0 atom stereocenters. The molecule has 1 aromatic rings. The monoisotopic (exact) mass is 309 g/mol. The van der Waals surface area contributed by atoms with Crippen LogP contribution in [-0.2, 0) is 13.1 Å². The summed E-state index contributed by atoms with van der Waals surface area (Å²) in [4.78, 5) is 7.35. The molecule has 0 saturated carbocycles. The molecule has 120 valence electrons. The number of thiazole rings is 1. The van der Waals surface area contributed by atoms with Crippen molar-refractivity contribution in [2.45, 2.75) is 59.5 Å². The van der Waals surface area contributed by atoms with Crippen molar-refractivity contribution in [3.63, 3.8) is 0 Å². The van der Waals surface area contributed by atoms with Crippen molar-refractivity contribution in [1.82, 2.24) is 15.2 Å². The maximum Gasteiger partial charge on any atom is 0.107 e. The van der Waals surface area contributed by atoms with Crippen molar-refractivity contribution in [2.75, 3.05) is 19.6 Å². The van der Waals surface area contributed by atoms with Gasteiger partial charge in [0.2, 0.25) is 0 Å². The van der Waals surface area contributed by atoms with Gasteiger partial charge < -0.3 is 5.32 Å². The van der Waals surface area contributed by atoms with Crippen molar-refractivity contribution in [1.29, 1.82) is 0 Å². The summed E-state index contributed by atoms with van der Waals surface area (Å²) in [6.45, 7) is 12.3. The van der Waals surface area contributed by atoms with Crippen molar-refractivity contribution < 1.29 is 0 Å². The van der Waals surface area contributed by atoms with Crippen LogP contribution in [0.1, 0.15) is 57.2 Å². The van der Waals surface area contributed by atoms with Gasteiger partial charge in [0.1, 0.15) is 5.01 Å². The highest BCUT2D eigenvalue weighted by molar-refractivity contribution is 7.09. The summed E-state index contributed by atoms with van der Waals surface area (Å²) >= 11 is 1.80. The molecule has 4 heteroatoms. The van der Waals surface area contributed by atoms with E-state index in [1.807, 2.05) is 0 Å². The van der Waals surface area contributed by atoms with E-state index in [0.717, 1.165) is 25.6 Å². The fraction of sp³-hybridized carbons (Fsp3) is 0.824. The van der Waals surface area contributed by atoms with Gasteiger partial charge in [-0.05, 0) is 44.3 Å². The van der Waals surface area contributed by atoms with Gasteiger partial charge in [0.15, 0.2) is 0 Å². The Bertz CT molecular complexity index is 394. The lowest BCUT2D eigenvalue weighted by Gasteiger charge is -2.31. The maximum atomic E-state index is 4.77. The van der Waals surface area contributed by atoms with Crippen LogP contribution in [0.2, 0.25) is 0 Å². The highest BCUT2D eigenvalue weighted by atomic mass is 32.1. The minimum Gasteiger partial charge on any atom is -0.310 e. The van der Waals surface area contributed by atoms with Crippen LogP contribution < -0.4 is 5.32 Å². The molecule has 1 saturated heterocycles. The van der Waals surface area contributed by atoms with Gasteiger partial charge in [0.05, 0.1) is 5.69 Å². The third-order valence-electron chi connectivity index (χ3n) is 4.22. The molecule has 21 heavy (non-hydrogen) atoms. The number of piperidine rings is 1. The number of hydrogen-bond acceptors (Lipinski definition) is 4. The molecule has 1 aliphatic heterocycles. The summed E-state index contributed by atoms with van der Waals surface area (Å²) in [6.07, 6.45) is 5.50. The standard InChI is InChI=1S/C17H31N3S/c1-4-5-15-6-8-20(9-7-15)12-16-13-21-17(19-16)11-18-10-14(2)3/h13-15,18H,4-12H2,1-3H3. The number of nitrogens with zero attached hydrogens (tertiary/aromatic N) is 2. The molecule has 0 aliphatic carbocycles. The first-order valence-corrected chi connectivity index (χ1v) is 9.41. The van der Waals surface area contributed by atoms with Crippen LogP contribution in [0.3, 0.4) is 0 Å². The third-order valence-corrected chi connectivity index (χ3v) is 5.12. The summed E-state index contributed by atoms with van der Waals surface area (Å²) in [5.41, 5.74) is 1.26. The van der Waals surface area contributed by atoms with Gasteiger partial charge in [-0.2, -0.15) is 0 Å². The largest absolute Gasteiger partial charge is 0.310 e. The second-order valence-corrected chi connectivity index (χ2v) is 7.71.